The second-order valence-corrected chi connectivity index (χ2v) is 5.75. The van der Waals surface area contributed by atoms with Gasteiger partial charge in [0.1, 0.15) is 5.75 Å². The lowest BCUT2D eigenvalue weighted by molar-refractivity contribution is 0.419. The zero-order valence-electron chi connectivity index (χ0n) is 12.2. The Balaban J connectivity index is 1.74. The first-order valence-corrected chi connectivity index (χ1v) is 7.64. The zero-order chi connectivity index (χ0) is 13.8. The average Bonchev–Trinajstić information content (AvgIpc) is 3.01. The molecule has 0 unspecified atom stereocenters. The molecule has 1 fully saturated rings. The summed E-state index contributed by atoms with van der Waals surface area (Å²) in [5.41, 5.74) is 1.36. The van der Waals surface area contributed by atoms with Gasteiger partial charge >= 0.3 is 0 Å². The Morgan fingerprint density at radius 2 is 1.80 bits per heavy atom. The van der Waals surface area contributed by atoms with Gasteiger partial charge in [0, 0.05) is 11.9 Å². The minimum atomic E-state index is 0.888. The maximum atomic E-state index is 5.45. The molecule has 0 amide bonds. The van der Waals surface area contributed by atoms with E-state index in [1.54, 1.807) is 7.11 Å². The van der Waals surface area contributed by atoms with Crippen molar-refractivity contribution in [2.45, 2.75) is 32.2 Å². The lowest BCUT2D eigenvalue weighted by atomic mass is 10.0. The van der Waals surface area contributed by atoms with E-state index < -0.39 is 0 Å². The highest BCUT2D eigenvalue weighted by Crippen LogP contribution is 2.28. The number of fused-ring (bicyclic) bond motifs is 1. The van der Waals surface area contributed by atoms with Gasteiger partial charge in [0.15, 0.2) is 0 Å². The summed E-state index contributed by atoms with van der Waals surface area (Å²) in [6.45, 7) is 2.10. The molecule has 0 atom stereocenters. The summed E-state index contributed by atoms with van der Waals surface area (Å²) in [7, 11) is 1.74. The van der Waals surface area contributed by atoms with Gasteiger partial charge in [-0.05, 0) is 42.3 Å². The largest absolute Gasteiger partial charge is 0.496 e. The third-order valence-corrected chi connectivity index (χ3v) is 4.42. The number of methoxy groups -OCH3 is 1. The second kappa shape index (κ2) is 6.27. The fraction of sp³-hybridized carbons (Fsp3) is 0.444. The quantitative estimate of drug-likeness (QED) is 0.881. The number of ether oxygens (including phenoxy) is 1. The minimum Gasteiger partial charge on any atom is -0.496 e. The maximum absolute atomic E-state index is 5.45. The summed E-state index contributed by atoms with van der Waals surface area (Å²) in [6, 6.07) is 12.7. The molecule has 0 saturated heterocycles. The SMILES string of the molecule is COc1ccc(CNCC2CCCC2)c2ccccc12. The van der Waals surface area contributed by atoms with E-state index in [4.69, 9.17) is 4.74 Å². The fourth-order valence-corrected chi connectivity index (χ4v) is 3.29. The van der Waals surface area contributed by atoms with Crippen LogP contribution >= 0.6 is 0 Å². The fourth-order valence-electron chi connectivity index (χ4n) is 3.29. The van der Waals surface area contributed by atoms with Crippen LogP contribution in [0.2, 0.25) is 0 Å². The number of rotatable bonds is 5. The van der Waals surface area contributed by atoms with Gasteiger partial charge in [-0.3, -0.25) is 0 Å². The lowest BCUT2D eigenvalue weighted by Crippen LogP contribution is -2.20. The predicted octanol–water partition coefficient (Wildman–Crippen LogP) is 4.13. The van der Waals surface area contributed by atoms with Crippen LogP contribution in [0.4, 0.5) is 0 Å². The highest BCUT2D eigenvalue weighted by Gasteiger charge is 2.14. The van der Waals surface area contributed by atoms with Crippen molar-refractivity contribution in [3.8, 4) is 5.75 Å². The van der Waals surface area contributed by atoms with Crippen LogP contribution in [0.1, 0.15) is 31.2 Å². The molecule has 2 nitrogen and oxygen atoms in total. The van der Waals surface area contributed by atoms with Crippen LogP contribution in [0.5, 0.6) is 5.75 Å². The van der Waals surface area contributed by atoms with Crippen LogP contribution in [-0.4, -0.2) is 13.7 Å². The summed E-state index contributed by atoms with van der Waals surface area (Å²) in [5, 5.41) is 6.13. The van der Waals surface area contributed by atoms with Crippen molar-refractivity contribution >= 4 is 10.8 Å². The molecule has 3 rings (SSSR count). The molecule has 2 heteroatoms. The summed E-state index contributed by atoms with van der Waals surface area (Å²) >= 11 is 0. The molecular formula is C18H23NO. The van der Waals surface area contributed by atoms with Crippen molar-refractivity contribution in [1.29, 1.82) is 0 Å². The third-order valence-electron chi connectivity index (χ3n) is 4.42. The van der Waals surface area contributed by atoms with Gasteiger partial charge in [-0.25, -0.2) is 0 Å². The molecule has 106 valence electrons. The Morgan fingerprint density at radius 1 is 1.05 bits per heavy atom. The van der Waals surface area contributed by atoms with Crippen LogP contribution in [-0.2, 0) is 6.54 Å². The van der Waals surface area contributed by atoms with Crippen molar-refractivity contribution in [3.05, 3.63) is 42.0 Å². The molecular weight excluding hydrogens is 246 g/mol. The third kappa shape index (κ3) is 2.80. The van der Waals surface area contributed by atoms with Gasteiger partial charge in [0.05, 0.1) is 7.11 Å². The van der Waals surface area contributed by atoms with Gasteiger partial charge in [-0.1, -0.05) is 43.2 Å². The predicted molar refractivity (Wildman–Crippen MR) is 84.2 cm³/mol. The van der Waals surface area contributed by atoms with E-state index in [-0.39, 0.29) is 0 Å². The van der Waals surface area contributed by atoms with Gasteiger partial charge in [0.25, 0.3) is 0 Å². The standard InChI is InChI=1S/C18H23NO/c1-20-18-11-10-15(16-8-4-5-9-17(16)18)13-19-12-14-6-2-3-7-14/h4-5,8-11,14,19H,2-3,6-7,12-13H2,1H3. The van der Waals surface area contributed by atoms with E-state index in [1.807, 2.05) is 0 Å². The lowest BCUT2D eigenvalue weighted by Gasteiger charge is -2.13. The summed E-state index contributed by atoms with van der Waals surface area (Å²) in [5.74, 6) is 1.85. The van der Waals surface area contributed by atoms with E-state index in [0.717, 1.165) is 24.8 Å². The highest BCUT2D eigenvalue weighted by molar-refractivity contribution is 5.91. The van der Waals surface area contributed by atoms with E-state index in [0.29, 0.717) is 0 Å². The summed E-state index contributed by atoms with van der Waals surface area (Å²) in [4.78, 5) is 0. The molecule has 1 saturated carbocycles. The monoisotopic (exact) mass is 269 g/mol. The highest BCUT2D eigenvalue weighted by atomic mass is 16.5. The zero-order valence-corrected chi connectivity index (χ0v) is 12.2. The topological polar surface area (TPSA) is 21.3 Å². The van der Waals surface area contributed by atoms with E-state index in [2.05, 4.69) is 41.7 Å². The Bertz CT molecular complexity index is 573. The molecule has 0 bridgehead atoms. The molecule has 0 heterocycles. The molecule has 0 radical (unpaired) electrons. The average molecular weight is 269 g/mol. The van der Waals surface area contributed by atoms with Gasteiger partial charge in [-0.2, -0.15) is 0 Å². The van der Waals surface area contributed by atoms with Crippen LogP contribution in [0, 0.1) is 5.92 Å². The molecule has 1 aliphatic rings. The number of nitrogens with one attached hydrogen (secondary N) is 1. The van der Waals surface area contributed by atoms with Crippen molar-refractivity contribution < 1.29 is 4.74 Å². The van der Waals surface area contributed by atoms with Crippen molar-refractivity contribution in [2.24, 2.45) is 5.92 Å². The van der Waals surface area contributed by atoms with Crippen LogP contribution in [0.25, 0.3) is 10.8 Å². The Labute approximate surface area is 121 Å². The molecule has 0 spiro atoms. The Kier molecular flexibility index (Phi) is 4.22. The van der Waals surface area contributed by atoms with Gasteiger partial charge < -0.3 is 10.1 Å². The normalized spacial score (nSPS) is 15.8. The number of hydrogen-bond donors (Lipinski definition) is 1. The van der Waals surface area contributed by atoms with E-state index in [9.17, 15) is 0 Å². The number of benzene rings is 2. The molecule has 1 aliphatic carbocycles. The first kappa shape index (κ1) is 13.4. The molecule has 2 aromatic rings. The van der Waals surface area contributed by atoms with E-state index >= 15 is 0 Å². The number of hydrogen-bond acceptors (Lipinski definition) is 2. The van der Waals surface area contributed by atoms with Crippen LogP contribution in [0.3, 0.4) is 0 Å². The second-order valence-electron chi connectivity index (χ2n) is 5.75. The maximum Gasteiger partial charge on any atom is 0.126 e. The molecule has 2 aromatic carbocycles. The minimum absolute atomic E-state index is 0.888. The van der Waals surface area contributed by atoms with Crippen molar-refractivity contribution in [2.75, 3.05) is 13.7 Å². The summed E-state index contributed by atoms with van der Waals surface area (Å²) in [6.07, 6.45) is 5.63. The Morgan fingerprint density at radius 3 is 2.55 bits per heavy atom. The molecule has 0 aromatic heterocycles. The molecule has 1 N–H and O–H groups in total. The van der Waals surface area contributed by atoms with Gasteiger partial charge in [0.2, 0.25) is 0 Å². The smallest absolute Gasteiger partial charge is 0.126 e. The summed E-state index contributed by atoms with van der Waals surface area (Å²) < 4.78 is 5.45. The first-order chi connectivity index (χ1) is 9.88. The van der Waals surface area contributed by atoms with E-state index in [1.165, 1.54) is 42.0 Å². The van der Waals surface area contributed by atoms with Crippen molar-refractivity contribution in [3.63, 3.8) is 0 Å². The van der Waals surface area contributed by atoms with Crippen LogP contribution in [0.15, 0.2) is 36.4 Å². The van der Waals surface area contributed by atoms with Crippen LogP contribution < -0.4 is 10.1 Å². The first-order valence-electron chi connectivity index (χ1n) is 7.64. The molecule has 20 heavy (non-hydrogen) atoms. The van der Waals surface area contributed by atoms with Gasteiger partial charge in [-0.15, -0.1) is 0 Å². The molecule has 0 aliphatic heterocycles. The van der Waals surface area contributed by atoms with Crippen molar-refractivity contribution in [1.82, 2.24) is 5.32 Å². The Hall–Kier alpha value is -1.54.